The first-order valence-electron chi connectivity index (χ1n) is 13.3. The molecular formula is C30H32FN5O3. The van der Waals surface area contributed by atoms with Gasteiger partial charge in [-0.15, -0.1) is 5.10 Å². The minimum Gasteiger partial charge on any atom is -0.376 e. The Balaban J connectivity index is 1.55. The lowest BCUT2D eigenvalue weighted by atomic mass is 9.97. The fourth-order valence-electron chi connectivity index (χ4n) is 4.90. The SMILES string of the molecule is CC(C)c1ccc([C@@H](C(=O)NC[C@@H]2CCCO2)N(C(=O)Cn2nnc3ccccc32)c2ccccc2F)cc1. The summed E-state index contributed by atoms with van der Waals surface area (Å²) in [6.07, 6.45) is 1.70. The third-order valence-corrected chi connectivity index (χ3v) is 7.04. The molecule has 2 atom stereocenters. The monoisotopic (exact) mass is 529 g/mol. The number of rotatable bonds is 9. The van der Waals surface area contributed by atoms with Crippen LogP contribution in [-0.2, 0) is 20.9 Å². The van der Waals surface area contributed by atoms with Gasteiger partial charge >= 0.3 is 0 Å². The fourth-order valence-corrected chi connectivity index (χ4v) is 4.90. The highest BCUT2D eigenvalue weighted by Gasteiger charge is 2.35. The lowest BCUT2D eigenvalue weighted by molar-refractivity contribution is -0.127. The van der Waals surface area contributed by atoms with Gasteiger partial charge in [-0.1, -0.05) is 67.6 Å². The Kier molecular flexibility index (Phi) is 7.97. The maximum absolute atomic E-state index is 15.3. The molecule has 0 unspecified atom stereocenters. The van der Waals surface area contributed by atoms with Gasteiger partial charge < -0.3 is 10.1 Å². The number of hydrogen-bond donors (Lipinski definition) is 1. The molecule has 1 aliphatic rings. The molecule has 0 radical (unpaired) electrons. The van der Waals surface area contributed by atoms with Crippen LogP contribution in [-0.4, -0.2) is 46.1 Å². The smallest absolute Gasteiger partial charge is 0.249 e. The van der Waals surface area contributed by atoms with E-state index in [9.17, 15) is 9.59 Å². The van der Waals surface area contributed by atoms with Gasteiger partial charge in [0.2, 0.25) is 11.8 Å². The van der Waals surface area contributed by atoms with Crippen LogP contribution in [0.25, 0.3) is 11.0 Å². The topological polar surface area (TPSA) is 89.4 Å². The zero-order valence-corrected chi connectivity index (χ0v) is 22.1. The molecule has 1 aromatic heterocycles. The normalized spacial score (nSPS) is 15.9. The van der Waals surface area contributed by atoms with Crippen LogP contribution in [0.15, 0.2) is 72.8 Å². The van der Waals surface area contributed by atoms with Crippen molar-refractivity contribution in [2.24, 2.45) is 0 Å². The number of benzene rings is 3. The van der Waals surface area contributed by atoms with E-state index in [0.29, 0.717) is 29.7 Å². The summed E-state index contributed by atoms with van der Waals surface area (Å²) in [5, 5.41) is 11.2. The van der Waals surface area contributed by atoms with Crippen molar-refractivity contribution in [1.82, 2.24) is 20.3 Å². The molecule has 0 aliphatic carbocycles. The number of nitrogens with zero attached hydrogens (tertiary/aromatic N) is 4. The number of halogens is 1. The van der Waals surface area contributed by atoms with Gasteiger partial charge in [0.05, 0.1) is 17.3 Å². The van der Waals surface area contributed by atoms with Gasteiger partial charge in [0.1, 0.15) is 23.9 Å². The van der Waals surface area contributed by atoms with Crippen molar-refractivity contribution in [1.29, 1.82) is 0 Å². The first-order chi connectivity index (χ1) is 18.9. The number of anilines is 1. The van der Waals surface area contributed by atoms with E-state index in [2.05, 4.69) is 29.5 Å². The van der Waals surface area contributed by atoms with Crippen LogP contribution < -0.4 is 10.2 Å². The summed E-state index contributed by atoms with van der Waals surface area (Å²) >= 11 is 0. The highest BCUT2D eigenvalue weighted by atomic mass is 19.1. The third kappa shape index (κ3) is 5.83. The number of hydrogen-bond acceptors (Lipinski definition) is 5. The standard InChI is InChI=1S/C30H32FN5O3/c1-20(2)21-13-15-22(16-14-21)29(30(38)32-18-23-8-7-17-39-23)36(26-11-5-3-9-24(26)31)28(37)19-35-27-12-6-4-10-25(27)33-34-35/h3-6,9-16,20,23,29H,7-8,17-19H2,1-2H3,(H,32,38)/t23-,29-/m0/s1. The molecule has 1 N–H and O–H groups in total. The van der Waals surface area contributed by atoms with Crippen LogP contribution in [0, 0.1) is 5.82 Å². The lowest BCUT2D eigenvalue weighted by Gasteiger charge is -2.32. The largest absolute Gasteiger partial charge is 0.376 e. The molecule has 202 valence electrons. The van der Waals surface area contributed by atoms with Crippen molar-refractivity contribution in [2.75, 3.05) is 18.1 Å². The number of fused-ring (bicyclic) bond motifs is 1. The lowest BCUT2D eigenvalue weighted by Crippen LogP contribution is -2.47. The second-order valence-electron chi connectivity index (χ2n) is 10.1. The van der Waals surface area contributed by atoms with Gasteiger partial charge in [-0.05, 0) is 54.2 Å². The number of ether oxygens (including phenoxy) is 1. The zero-order valence-electron chi connectivity index (χ0n) is 22.1. The summed E-state index contributed by atoms with van der Waals surface area (Å²) in [5.74, 6) is -1.23. The molecule has 4 aromatic rings. The molecule has 2 heterocycles. The molecule has 1 saturated heterocycles. The molecule has 2 amide bonds. The molecule has 0 bridgehead atoms. The van der Waals surface area contributed by atoms with E-state index in [1.54, 1.807) is 18.2 Å². The molecule has 8 nitrogen and oxygen atoms in total. The van der Waals surface area contributed by atoms with Crippen molar-refractivity contribution in [3.8, 4) is 0 Å². The van der Waals surface area contributed by atoms with Gasteiger partial charge in [-0.3, -0.25) is 14.5 Å². The van der Waals surface area contributed by atoms with Crippen molar-refractivity contribution >= 4 is 28.5 Å². The Morgan fingerprint density at radius 3 is 2.49 bits per heavy atom. The van der Waals surface area contributed by atoms with E-state index < -0.39 is 23.7 Å². The summed E-state index contributed by atoms with van der Waals surface area (Å²) in [6, 6.07) is 19.7. The van der Waals surface area contributed by atoms with E-state index in [0.717, 1.165) is 18.4 Å². The number of amides is 2. The van der Waals surface area contributed by atoms with Gasteiger partial charge in [0.15, 0.2) is 0 Å². The summed E-state index contributed by atoms with van der Waals surface area (Å²) in [7, 11) is 0. The Morgan fingerprint density at radius 2 is 1.77 bits per heavy atom. The van der Waals surface area contributed by atoms with Crippen LogP contribution in [0.1, 0.15) is 49.8 Å². The number of para-hydroxylation sites is 2. The first kappa shape index (κ1) is 26.5. The van der Waals surface area contributed by atoms with Crippen molar-refractivity contribution in [3.05, 3.63) is 89.7 Å². The molecule has 39 heavy (non-hydrogen) atoms. The van der Waals surface area contributed by atoms with Gasteiger partial charge in [-0.25, -0.2) is 9.07 Å². The molecule has 1 aliphatic heterocycles. The maximum Gasteiger partial charge on any atom is 0.249 e. The van der Waals surface area contributed by atoms with E-state index in [1.807, 2.05) is 42.5 Å². The predicted octanol–water partition coefficient (Wildman–Crippen LogP) is 4.76. The van der Waals surface area contributed by atoms with Crippen molar-refractivity contribution in [3.63, 3.8) is 0 Å². The van der Waals surface area contributed by atoms with Gasteiger partial charge in [0, 0.05) is 13.2 Å². The Morgan fingerprint density at radius 1 is 1.05 bits per heavy atom. The van der Waals surface area contributed by atoms with E-state index >= 15 is 4.39 Å². The van der Waals surface area contributed by atoms with Crippen molar-refractivity contribution < 1.29 is 18.7 Å². The number of nitrogens with one attached hydrogen (secondary N) is 1. The second kappa shape index (κ2) is 11.7. The van der Waals surface area contributed by atoms with Crippen LogP contribution in [0.3, 0.4) is 0 Å². The van der Waals surface area contributed by atoms with Gasteiger partial charge in [0.25, 0.3) is 0 Å². The van der Waals surface area contributed by atoms with Crippen LogP contribution in [0.5, 0.6) is 0 Å². The van der Waals surface area contributed by atoms with E-state index in [4.69, 9.17) is 4.74 Å². The minimum absolute atomic E-state index is 0.0112. The summed E-state index contributed by atoms with van der Waals surface area (Å²) in [6.45, 7) is 4.91. The van der Waals surface area contributed by atoms with Crippen LogP contribution in [0.2, 0.25) is 0 Å². The second-order valence-corrected chi connectivity index (χ2v) is 10.1. The zero-order chi connectivity index (χ0) is 27.4. The highest BCUT2D eigenvalue weighted by Crippen LogP contribution is 2.31. The van der Waals surface area contributed by atoms with Crippen molar-refractivity contribution in [2.45, 2.75) is 51.3 Å². The van der Waals surface area contributed by atoms with Gasteiger partial charge in [-0.2, -0.15) is 0 Å². The van der Waals surface area contributed by atoms with Crippen LogP contribution in [0.4, 0.5) is 10.1 Å². The number of carbonyl (C=O) groups excluding carboxylic acids is 2. The number of aromatic nitrogens is 3. The highest BCUT2D eigenvalue weighted by molar-refractivity contribution is 6.01. The molecule has 0 saturated carbocycles. The molecule has 3 aromatic carbocycles. The summed E-state index contributed by atoms with van der Waals surface area (Å²) in [5.41, 5.74) is 2.98. The van der Waals surface area contributed by atoms with Crippen LogP contribution >= 0.6 is 0 Å². The molecular weight excluding hydrogens is 497 g/mol. The Labute approximate surface area is 226 Å². The minimum atomic E-state index is -1.12. The summed E-state index contributed by atoms with van der Waals surface area (Å²) in [4.78, 5) is 29.1. The molecule has 0 spiro atoms. The fraction of sp³-hybridized carbons (Fsp3) is 0.333. The quantitative estimate of drug-likeness (QED) is 0.338. The average Bonchev–Trinajstić information content (AvgIpc) is 3.61. The average molecular weight is 530 g/mol. The molecule has 1 fully saturated rings. The van der Waals surface area contributed by atoms with E-state index in [-0.39, 0.29) is 24.3 Å². The maximum atomic E-state index is 15.3. The molecule has 5 rings (SSSR count). The Hall–Kier alpha value is -4.11. The molecule has 9 heteroatoms. The van der Waals surface area contributed by atoms with E-state index in [1.165, 1.54) is 21.7 Å². The predicted molar refractivity (Wildman–Crippen MR) is 147 cm³/mol. The third-order valence-electron chi connectivity index (χ3n) is 7.04. The Bertz CT molecular complexity index is 1450. The number of carbonyl (C=O) groups is 2. The summed E-state index contributed by atoms with van der Waals surface area (Å²) < 4.78 is 22.4. The first-order valence-corrected chi connectivity index (χ1v) is 13.3.